The summed E-state index contributed by atoms with van der Waals surface area (Å²) in [5.74, 6) is 0.830. The number of fused-ring (bicyclic) bond motifs is 1. The van der Waals surface area contributed by atoms with Crippen LogP contribution in [0.4, 0.5) is 10.8 Å². The van der Waals surface area contributed by atoms with E-state index in [4.69, 9.17) is 9.47 Å². The summed E-state index contributed by atoms with van der Waals surface area (Å²) in [6.07, 6.45) is 0.390. The molecule has 1 aromatic heterocycles. The quantitative estimate of drug-likeness (QED) is 0.648. The summed E-state index contributed by atoms with van der Waals surface area (Å²) in [6.45, 7) is 1.61. The van der Waals surface area contributed by atoms with Crippen molar-refractivity contribution in [2.24, 2.45) is 0 Å². The molecule has 0 saturated heterocycles. The van der Waals surface area contributed by atoms with Crippen LogP contribution in [0, 0.1) is 0 Å². The van der Waals surface area contributed by atoms with Gasteiger partial charge in [0.05, 0.1) is 17.3 Å². The number of amides is 2. The minimum Gasteiger partial charge on any atom is -0.497 e. The molecule has 0 radical (unpaired) electrons. The first-order valence-electron chi connectivity index (χ1n) is 8.34. The average molecular weight is 385 g/mol. The SMILES string of the molecule is CCC(=O)Nc1cccc(OCC(=O)Nc2nc3ccc(OC)cc3s2)c1. The normalized spacial score (nSPS) is 10.4. The monoisotopic (exact) mass is 385 g/mol. The summed E-state index contributed by atoms with van der Waals surface area (Å²) >= 11 is 1.36. The molecular formula is C19H19N3O4S. The van der Waals surface area contributed by atoms with Gasteiger partial charge in [-0.1, -0.05) is 24.3 Å². The number of nitrogens with zero attached hydrogens (tertiary/aromatic N) is 1. The molecule has 1 heterocycles. The lowest BCUT2D eigenvalue weighted by Crippen LogP contribution is -2.20. The van der Waals surface area contributed by atoms with E-state index in [-0.39, 0.29) is 18.4 Å². The Balaban J connectivity index is 1.58. The van der Waals surface area contributed by atoms with Crippen molar-refractivity contribution in [1.29, 1.82) is 0 Å². The molecule has 0 bridgehead atoms. The number of thiazole rings is 1. The maximum Gasteiger partial charge on any atom is 0.264 e. The molecule has 0 atom stereocenters. The van der Waals surface area contributed by atoms with Gasteiger partial charge in [0, 0.05) is 18.2 Å². The van der Waals surface area contributed by atoms with Gasteiger partial charge in [0.25, 0.3) is 5.91 Å². The van der Waals surface area contributed by atoms with Crippen molar-refractivity contribution in [2.75, 3.05) is 24.4 Å². The maximum absolute atomic E-state index is 12.1. The molecule has 2 amide bonds. The van der Waals surface area contributed by atoms with Crippen LogP contribution in [0.15, 0.2) is 42.5 Å². The smallest absolute Gasteiger partial charge is 0.264 e. The molecule has 8 heteroatoms. The molecule has 2 aromatic carbocycles. The van der Waals surface area contributed by atoms with Gasteiger partial charge in [-0.15, -0.1) is 0 Å². The van der Waals surface area contributed by atoms with Gasteiger partial charge in [-0.05, 0) is 30.3 Å². The highest BCUT2D eigenvalue weighted by molar-refractivity contribution is 7.22. The Morgan fingerprint density at radius 1 is 1.07 bits per heavy atom. The Kier molecular flexibility index (Phi) is 5.87. The summed E-state index contributed by atoms with van der Waals surface area (Å²) in [7, 11) is 1.60. The van der Waals surface area contributed by atoms with Crippen molar-refractivity contribution in [3.05, 3.63) is 42.5 Å². The molecule has 0 aliphatic carbocycles. The molecule has 2 N–H and O–H groups in total. The standard InChI is InChI=1S/C19H19N3O4S/c1-3-17(23)20-12-5-4-6-14(9-12)26-11-18(24)22-19-21-15-8-7-13(25-2)10-16(15)27-19/h4-10H,3,11H2,1-2H3,(H,20,23)(H,21,22,24). The fourth-order valence-corrected chi connectivity index (χ4v) is 3.21. The van der Waals surface area contributed by atoms with Crippen molar-refractivity contribution in [2.45, 2.75) is 13.3 Å². The summed E-state index contributed by atoms with van der Waals surface area (Å²) in [5, 5.41) is 5.97. The second-order valence-corrected chi connectivity index (χ2v) is 6.65. The van der Waals surface area contributed by atoms with Gasteiger partial charge in [0.2, 0.25) is 5.91 Å². The number of aromatic nitrogens is 1. The third-order valence-corrected chi connectivity index (χ3v) is 4.58. The van der Waals surface area contributed by atoms with Crippen LogP contribution in [0.1, 0.15) is 13.3 Å². The van der Waals surface area contributed by atoms with Crippen LogP contribution in [0.25, 0.3) is 10.2 Å². The molecular weight excluding hydrogens is 366 g/mol. The Morgan fingerprint density at radius 3 is 2.70 bits per heavy atom. The third kappa shape index (κ3) is 4.95. The number of rotatable bonds is 7. The zero-order valence-corrected chi connectivity index (χ0v) is 15.8. The molecule has 0 fully saturated rings. The van der Waals surface area contributed by atoms with Crippen LogP contribution in [0.2, 0.25) is 0 Å². The van der Waals surface area contributed by atoms with Crippen LogP contribution < -0.4 is 20.1 Å². The number of ether oxygens (including phenoxy) is 2. The van der Waals surface area contributed by atoms with Gasteiger partial charge in [-0.25, -0.2) is 4.98 Å². The third-order valence-electron chi connectivity index (χ3n) is 3.65. The van der Waals surface area contributed by atoms with E-state index < -0.39 is 0 Å². The summed E-state index contributed by atoms with van der Waals surface area (Å²) in [5.41, 5.74) is 1.41. The van der Waals surface area contributed by atoms with E-state index in [2.05, 4.69) is 15.6 Å². The molecule has 27 heavy (non-hydrogen) atoms. The summed E-state index contributed by atoms with van der Waals surface area (Å²) < 4.78 is 11.6. The van der Waals surface area contributed by atoms with Gasteiger partial charge in [-0.3, -0.25) is 14.9 Å². The van der Waals surface area contributed by atoms with Crippen LogP contribution in [-0.4, -0.2) is 30.5 Å². The fraction of sp³-hybridized carbons (Fsp3) is 0.211. The molecule has 0 aliphatic heterocycles. The van der Waals surface area contributed by atoms with E-state index in [9.17, 15) is 9.59 Å². The first kappa shape index (κ1) is 18.7. The van der Waals surface area contributed by atoms with E-state index in [1.165, 1.54) is 11.3 Å². The second kappa shape index (κ2) is 8.50. The second-order valence-electron chi connectivity index (χ2n) is 5.62. The maximum atomic E-state index is 12.1. The lowest BCUT2D eigenvalue weighted by molar-refractivity contribution is -0.118. The lowest BCUT2D eigenvalue weighted by Gasteiger charge is -2.08. The minimum atomic E-state index is -0.316. The number of methoxy groups -OCH3 is 1. The Morgan fingerprint density at radius 2 is 1.93 bits per heavy atom. The first-order chi connectivity index (χ1) is 13.1. The molecule has 0 unspecified atom stereocenters. The number of carbonyl (C=O) groups is 2. The highest BCUT2D eigenvalue weighted by Gasteiger charge is 2.10. The van der Waals surface area contributed by atoms with Crippen molar-refractivity contribution in [1.82, 2.24) is 4.98 Å². The predicted molar refractivity (Wildman–Crippen MR) is 106 cm³/mol. The Labute approximate surface area is 160 Å². The highest BCUT2D eigenvalue weighted by Crippen LogP contribution is 2.29. The predicted octanol–water partition coefficient (Wildman–Crippen LogP) is 3.67. The van der Waals surface area contributed by atoms with Gasteiger partial charge >= 0.3 is 0 Å². The number of anilines is 2. The fourth-order valence-electron chi connectivity index (χ4n) is 2.30. The van der Waals surface area contributed by atoms with Crippen LogP contribution in [0.3, 0.4) is 0 Å². The summed E-state index contributed by atoms with van der Waals surface area (Å²) in [6, 6.07) is 12.4. The summed E-state index contributed by atoms with van der Waals surface area (Å²) in [4.78, 5) is 27.9. The van der Waals surface area contributed by atoms with Crippen molar-refractivity contribution in [3.8, 4) is 11.5 Å². The lowest BCUT2D eigenvalue weighted by atomic mass is 10.3. The van der Waals surface area contributed by atoms with E-state index >= 15 is 0 Å². The van der Waals surface area contributed by atoms with E-state index in [0.717, 1.165) is 16.0 Å². The molecule has 3 rings (SSSR count). The van der Waals surface area contributed by atoms with E-state index in [0.29, 0.717) is 23.0 Å². The Hall–Kier alpha value is -3.13. The molecule has 0 saturated carbocycles. The van der Waals surface area contributed by atoms with E-state index in [1.807, 2.05) is 18.2 Å². The minimum absolute atomic E-state index is 0.0858. The molecule has 140 valence electrons. The van der Waals surface area contributed by atoms with E-state index in [1.54, 1.807) is 38.3 Å². The Bertz CT molecular complexity index is 970. The number of hydrogen-bond donors (Lipinski definition) is 2. The average Bonchev–Trinajstić information content (AvgIpc) is 3.07. The molecule has 7 nitrogen and oxygen atoms in total. The zero-order valence-electron chi connectivity index (χ0n) is 14.9. The van der Waals surface area contributed by atoms with Gasteiger partial charge in [0.1, 0.15) is 11.5 Å². The topological polar surface area (TPSA) is 89.5 Å². The number of nitrogens with one attached hydrogen (secondary N) is 2. The van der Waals surface area contributed by atoms with Crippen molar-refractivity contribution >= 4 is 44.2 Å². The van der Waals surface area contributed by atoms with Crippen molar-refractivity contribution in [3.63, 3.8) is 0 Å². The molecule has 0 aliphatic rings. The number of benzene rings is 2. The largest absolute Gasteiger partial charge is 0.497 e. The van der Waals surface area contributed by atoms with Crippen molar-refractivity contribution < 1.29 is 19.1 Å². The van der Waals surface area contributed by atoms with Gasteiger partial charge in [0.15, 0.2) is 11.7 Å². The van der Waals surface area contributed by atoms with Gasteiger partial charge < -0.3 is 14.8 Å². The van der Waals surface area contributed by atoms with Crippen LogP contribution in [-0.2, 0) is 9.59 Å². The van der Waals surface area contributed by atoms with Gasteiger partial charge in [-0.2, -0.15) is 0 Å². The highest BCUT2D eigenvalue weighted by atomic mass is 32.1. The zero-order chi connectivity index (χ0) is 19.2. The van der Waals surface area contributed by atoms with Crippen LogP contribution in [0.5, 0.6) is 11.5 Å². The first-order valence-corrected chi connectivity index (χ1v) is 9.16. The van der Waals surface area contributed by atoms with Crippen LogP contribution >= 0.6 is 11.3 Å². The number of carbonyl (C=O) groups excluding carboxylic acids is 2. The number of hydrogen-bond acceptors (Lipinski definition) is 6. The molecule has 0 spiro atoms. The molecule has 3 aromatic rings.